The number of nitrogens with zero attached hydrogens (tertiary/aromatic N) is 2. The first-order chi connectivity index (χ1) is 12.2. The SMILES string of the molecule is CCC[C@@]1(C(=O)O)[C@@H](c2cccnc2)CCN1C(=O)C(=O)C(C)(C)CC. The van der Waals surface area contributed by atoms with Crippen molar-refractivity contribution in [2.24, 2.45) is 5.41 Å². The number of Topliss-reactive ketones (excluding diaryl/α,β-unsaturated/α-hetero) is 1. The minimum atomic E-state index is -1.41. The maximum absolute atomic E-state index is 13.0. The number of hydrogen-bond donors (Lipinski definition) is 1. The van der Waals surface area contributed by atoms with E-state index in [0.717, 1.165) is 5.56 Å². The third-order valence-electron chi connectivity index (χ3n) is 5.73. The molecule has 0 spiro atoms. The van der Waals surface area contributed by atoms with Crippen LogP contribution in [0.1, 0.15) is 64.9 Å². The molecule has 2 rings (SSSR count). The zero-order valence-corrected chi connectivity index (χ0v) is 16.0. The highest BCUT2D eigenvalue weighted by Gasteiger charge is 2.58. The molecule has 1 aromatic rings. The summed E-state index contributed by atoms with van der Waals surface area (Å²) in [5, 5.41) is 10.2. The number of carboxylic acid groups (broad SMARTS) is 1. The topological polar surface area (TPSA) is 87.6 Å². The number of carbonyl (C=O) groups is 3. The van der Waals surface area contributed by atoms with Crippen molar-refractivity contribution in [3.8, 4) is 0 Å². The normalized spacial score (nSPS) is 23.1. The van der Waals surface area contributed by atoms with Crippen LogP contribution in [-0.4, -0.2) is 44.7 Å². The highest BCUT2D eigenvalue weighted by molar-refractivity contribution is 6.38. The highest BCUT2D eigenvalue weighted by Crippen LogP contribution is 2.46. The van der Waals surface area contributed by atoms with Gasteiger partial charge in [-0.2, -0.15) is 0 Å². The van der Waals surface area contributed by atoms with Gasteiger partial charge in [0.05, 0.1) is 0 Å². The first-order valence-corrected chi connectivity index (χ1v) is 9.22. The summed E-state index contributed by atoms with van der Waals surface area (Å²) in [6.45, 7) is 7.46. The molecule has 0 radical (unpaired) electrons. The van der Waals surface area contributed by atoms with E-state index in [1.807, 2.05) is 19.9 Å². The van der Waals surface area contributed by atoms with Crippen molar-refractivity contribution >= 4 is 17.7 Å². The Morgan fingerprint density at radius 2 is 2.04 bits per heavy atom. The van der Waals surface area contributed by atoms with E-state index in [2.05, 4.69) is 4.98 Å². The standard InChI is InChI=1S/C20H28N2O4/c1-5-10-20(18(25)26)15(14-8-7-11-21-13-14)9-12-22(20)17(24)16(23)19(3,4)6-2/h7-8,11,13,15H,5-6,9-10,12H2,1-4H3,(H,25,26)/t15-,20+/m1/s1. The maximum atomic E-state index is 13.0. The summed E-state index contributed by atoms with van der Waals surface area (Å²) in [5.41, 5.74) is -1.42. The van der Waals surface area contributed by atoms with E-state index in [1.165, 1.54) is 4.90 Å². The van der Waals surface area contributed by atoms with Crippen LogP contribution in [0.2, 0.25) is 0 Å². The Bertz CT molecular complexity index is 686. The van der Waals surface area contributed by atoms with Crippen molar-refractivity contribution in [3.05, 3.63) is 30.1 Å². The van der Waals surface area contributed by atoms with Gasteiger partial charge >= 0.3 is 5.97 Å². The van der Waals surface area contributed by atoms with E-state index < -0.39 is 28.6 Å². The fourth-order valence-corrected chi connectivity index (χ4v) is 3.83. The molecule has 1 aliphatic rings. The summed E-state index contributed by atoms with van der Waals surface area (Å²) in [6.07, 6.45) is 5.21. The number of aromatic nitrogens is 1. The second-order valence-electron chi connectivity index (χ2n) is 7.63. The molecule has 1 N–H and O–H groups in total. The van der Waals surface area contributed by atoms with Crippen LogP contribution in [0.5, 0.6) is 0 Å². The minimum Gasteiger partial charge on any atom is -0.479 e. The summed E-state index contributed by atoms with van der Waals surface area (Å²) in [5.74, 6) is -2.64. The molecule has 0 bridgehead atoms. The van der Waals surface area contributed by atoms with Gasteiger partial charge in [0.2, 0.25) is 5.78 Å². The van der Waals surface area contributed by atoms with Gasteiger partial charge in [-0.05, 0) is 30.9 Å². The fourth-order valence-electron chi connectivity index (χ4n) is 3.83. The van der Waals surface area contributed by atoms with Crippen LogP contribution in [0, 0.1) is 5.41 Å². The van der Waals surface area contributed by atoms with Crippen LogP contribution in [0.3, 0.4) is 0 Å². The lowest BCUT2D eigenvalue weighted by Crippen LogP contribution is -2.58. The molecule has 0 saturated carbocycles. The van der Waals surface area contributed by atoms with Crippen molar-refractivity contribution in [1.29, 1.82) is 0 Å². The predicted molar refractivity (Wildman–Crippen MR) is 97.7 cm³/mol. The molecule has 1 aromatic heterocycles. The second kappa shape index (κ2) is 7.56. The van der Waals surface area contributed by atoms with E-state index in [9.17, 15) is 19.5 Å². The van der Waals surface area contributed by atoms with Gasteiger partial charge in [0, 0.05) is 30.3 Å². The van der Waals surface area contributed by atoms with Gasteiger partial charge in [0.25, 0.3) is 5.91 Å². The molecule has 1 amide bonds. The molecule has 1 fully saturated rings. The van der Waals surface area contributed by atoms with Crippen LogP contribution in [0.15, 0.2) is 24.5 Å². The van der Waals surface area contributed by atoms with E-state index >= 15 is 0 Å². The molecule has 26 heavy (non-hydrogen) atoms. The van der Waals surface area contributed by atoms with Gasteiger partial charge in [0.15, 0.2) is 0 Å². The number of likely N-dealkylation sites (tertiary alicyclic amines) is 1. The molecular weight excluding hydrogens is 332 g/mol. The molecule has 6 heteroatoms. The molecule has 0 aromatic carbocycles. The summed E-state index contributed by atoms with van der Waals surface area (Å²) < 4.78 is 0. The second-order valence-corrected chi connectivity index (χ2v) is 7.63. The van der Waals surface area contributed by atoms with E-state index in [-0.39, 0.29) is 12.5 Å². The molecule has 2 atom stereocenters. The van der Waals surface area contributed by atoms with E-state index in [0.29, 0.717) is 25.7 Å². The lowest BCUT2D eigenvalue weighted by molar-refractivity contribution is -0.162. The number of hydrogen-bond acceptors (Lipinski definition) is 4. The molecular formula is C20H28N2O4. The van der Waals surface area contributed by atoms with Gasteiger partial charge < -0.3 is 10.0 Å². The lowest BCUT2D eigenvalue weighted by Gasteiger charge is -2.39. The van der Waals surface area contributed by atoms with Crippen LogP contribution in [0.4, 0.5) is 0 Å². The zero-order chi connectivity index (χ0) is 19.5. The smallest absolute Gasteiger partial charge is 0.330 e. The molecule has 0 unspecified atom stereocenters. The van der Waals surface area contributed by atoms with Gasteiger partial charge in [-0.3, -0.25) is 14.6 Å². The molecule has 0 aliphatic carbocycles. The lowest BCUT2D eigenvalue weighted by atomic mass is 9.76. The average molecular weight is 360 g/mol. The zero-order valence-electron chi connectivity index (χ0n) is 16.0. The first-order valence-electron chi connectivity index (χ1n) is 9.22. The summed E-state index contributed by atoms with van der Waals surface area (Å²) in [4.78, 5) is 43.6. The Morgan fingerprint density at radius 1 is 1.35 bits per heavy atom. The van der Waals surface area contributed by atoms with Crippen molar-refractivity contribution < 1.29 is 19.5 Å². The van der Waals surface area contributed by atoms with Crippen molar-refractivity contribution in [2.75, 3.05) is 6.54 Å². The van der Waals surface area contributed by atoms with E-state index in [1.54, 1.807) is 32.3 Å². The largest absolute Gasteiger partial charge is 0.479 e. The quantitative estimate of drug-likeness (QED) is 0.755. The number of amides is 1. The van der Waals surface area contributed by atoms with Crippen LogP contribution in [-0.2, 0) is 14.4 Å². The number of carbonyl (C=O) groups excluding carboxylic acids is 2. The summed E-state index contributed by atoms with van der Waals surface area (Å²) >= 11 is 0. The van der Waals surface area contributed by atoms with Gasteiger partial charge in [-0.15, -0.1) is 0 Å². The van der Waals surface area contributed by atoms with Crippen LogP contribution in [0.25, 0.3) is 0 Å². The van der Waals surface area contributed by atoms with Gasteiger partial charge in [0.1, 0.15) is 5.54 Å². The summed E-state index contributed by atoms with van der Waals surface area (Å²) in [6, 6.07) is 3.61. The Morgan fingerprint density at radius 3 is 2.54 bits per heavy atom. The minimum absolute atomic E-state index is 0.260. The monoisotopic (exact) mass is 360 g/mol. The predicted octanol–water partition coefficient (Wildman–Crippen LogP) is 3.03. The van der Waals surface area contributed by atoms with E-state index in [4.69, 9.17) is 0 Å². The Balaban J connectivity index is 2.51. The maximum Gasteiger partial charge on any atom is 0.330 e. The molecule has 142 valence electrons. The van der Waals surface area contributed by atoms with Crippen molar-refractivity contribution in [3.63, 3.8) is 0 Å². The third kappa shape index (κ3) is 3.24. The van der Waals surface area contributed by atoms with Crippen LogP contribution >= 0.6 is 0 Å². The van der Waals surface area contributed by atoms with Gasteiger partial charge in [-0.25, -0.2) is 4.79 Å². The van der Waals surface area contributed by atoms with Crippen molar-refractivity contribution in [2.45, 2.75) is 64.8 Å². The summed E-state index contributed by atoms with van der Waals surface area (Å²) in [7, 11) is 0. The first kappa shape index (κ1) is 20.1. The van der Waals surface area contributed by atoms with Crippen molar-refractivity contribution in [1.82, 2.24) is 9.88 Å². The number of ketones is 1. The molecule has 1 aliphatic heterocycles. The Kier molecular flexibility index (Phi) is 5.84. The number of carboxylic acids is 1. The average Bonchev–Trinajstić information content (AvgIpc) is 3.01. The number of pyridine rings is 1. The third-order valence-corrected chi connectivity index (χ3v) is 5.73. The highest BCUT2D eigenvalue weighted by atomic mass is 16.4. The molecule has 2 heterocycles. The van der Waals surface area contributed by atoms with Crippen LogP contribution < -0.4 is 0 Å². The fraction of sp³-hybridized carbons (Fsp3) is 0.600. The van der Waals surface area contributed by atoms with Gasteiger partial charge in [-0.1, -0.05) is 40.2 Å². The molecule has 6 nitrogen and oxygen atoms in total. The number of aliphatic carboxylic acids is 1. The Labute approximate surface area is 154 Å². The number of rotatable bonds is 7. The molecule has 1 saturated heterocycles. The Hall–Kier alpha value is -2.24.